The number of aromatic nitrogens is 1. The molecule has 1 aromatic rings. The maximum Gasteiger partial charge on any atom is 0.242 e. The van der Waals surface area contributed by atoms with Crippen LogP contribution in [0.4, 0.5) is 0 Å². The fourth-order valence-electron chi connectivity index (χ4n) is 1.16. The van der Waals surface area contributed by atoms with E-state index in [1.165, 1.54) is 18.3 Å². The number of halogens is 1. The summed E-state index contributed by atoms with van der Waals surface area (Å²) in [5.74, 6) is 2.50. The predicted molar refractivity (Wildman–Crippen MR) is 67.1 cm³/mol. The fourth-order valence-corrected chi connectivity index (χ4v) is 2.29. The molecule has 1 rings (SSSR count). The largest absolute Gasteiger partial charge is 0.243 e. The van der Waals surface area contributed by atoms with E-state index in [9.17, 15) is 8.42 Å². The Morgan fingerprint density at radius 3 is 2.76 bits per heavy atom. The SMILES string of the molecule is C#CCCCCNS(=O)(=O)c1ccc(Cl)nc1. The Morgan fingerprint density at radius 1 is 1.41 bits per heavy atom. The molecule has 0 amide bonds. The third kappa shape index (κ3) is 4.73. The quantitative estimate of drug-likeness (QED) is 0.488. The van der Waals surface area contributed by atoms with Gasteiger partial charge in [-0.05, 0) is 25.0 Å². The van der Waals surface area contributed by atoms with E-state index in [1.54, 1.807) is 0 Å². The van der Waals surface area contributed by atoms with Gasteiger partial charge in [0.15, 0.2) is 0 Å². The first-order valence-corrected chi connectivity index (χ1v) is 6.97. The molecule has 0 aromatic carbocycles. The lowest BCUT2D eigenvalue weighted by molar-refractivity contribution is 0.577. The number of pyridine rings is 1. The molecular weight excluding hydrogens is 260 g/mol. The van der Waals surface area contributed by atoms with E-state index in [-0.39, 0.29) is 10.0 Å². The number of unbranched alkanes of at least 4 members (excludes halogenated alkanes) is 2. The van der Waals surface area contributed by atoms with Crippen molar-refractivity contribution in [3.63, 3.8) is 0 Å². The summed E-state index contributed by atoms with van der Waals surface area (Å²) in [6, 6.07) is 2.85. The van der Waals surface area contributed by atoms with Crippen LogP contribution in [0.1, 0.15) is 19.3 Å². The maximum absolute atomic E-state index is 11.7. The third-order valence-corrected chi connectivity index (χ3v) is 3.72. The molecule has 17 heavy (non-hydrogen) atoms. The van der Waals surface area contributed by atoms with Crippen molar-refractivity contribution in [3.05, 3.63) is 23.5 Å². The normalized spacial score (nSPS) is 11.1. The Balaban J connectivity index is 2.52. The number of sulfonamides is 1. The summed E-state index contributed by atoms with van der Waals surface area (Å²) < 4.78 is 26.0. The monoisotopic (exact) mass is 272 g/mol. The highest BCUT2D eigenvalue weighted by molar-refractivity contribution is 7.89. The van der Waals surface area contributed by atoms with Gasteiger partial charge in [0, 0.05) is 19.2 Å². The highest BCUT2D eigenvalue weighted by Gasteiger charge is 2.13. The van der Waals surface area contributed by atoms with Crippen LogP contribution in [0.2, 0.25) is 5.15 Å². The molecule has 0 aliphatic rings. The minimum absolute atomic E-state index is 0.110. The van der Waals surface area contributed by atoms with Crippen LogP contribution in [-0.2, 0) is 10.0 Å². The van der Waals surface area contributed by atoms with Gasteiger partial charge in [0.1, 0.15) is 10.0 Å². The summed E-state index contributed by atoms with van der Waals surface area (Å²) in [7, 11) is -3.49. The van der Waals surface area contributed by atoms with Crippen molar-refractivity contribution in [3.8, 4) is 12.3 Å². The second-order valence-electron chi connectivity index (χ2n) is 3.38. The maximum atomic E-state index is 11.7. The van der Waals surface area contributed by atoms with E-state index in [4.69, 9.17) is 18.0 Å². The molecule has 0 saturated heterocycles. The summed E-state index contributed by atoms with van der Waals surface area (Å²) in [6.45, 7) is 0.368. The van der Waals surface area contributed by atoms with Crippen molar-refractivity contribution in [1.29, 1.82) is 0 Å². The van der Waals surface area contributed by atoms with Crippen LogP contribution in [0.5, 0.6) is 0 Å². The summed E-state index contributed by atoms with van der Waals surface area (Å²) >= 11 is 5.58. The van der Waals surface area contributed by atoms with Crippen molar-refractivity contribution in [2.45, 2.75) is 24.2 Å². The average molecular weight is 273 g/mol. The molecule has 0 spiro atoms. The molecule has 0 radical (unpaired) electrons. The Kier molecular flexibility index (Phi) is 5.42. The lowest BCUT2D eigenvalue weighted by atomic mass is 10.2. The van der Waals surface area contributed by atoms with E-state index in [0.29, 0.717) is 19.4 Å². The number of hydrogen-bond acceptors (Lipinski definition) is 3. The van der Waals surface area contributed by atoms with Crippen LogP contribution in [0.3, 0.4) is 0 Å². The number of rotatable bonds is 6. The van der Waals surface area contributed by atoms with Gasteiger partial charge >= 0.3 is 0 Å². The standard InChI is InChI=1S/C11H13ClN2O2S/c1-2-3-4-5-8-14-17(15,16)10-6-7-11(12)13-9-10/h1,6-7,9,14H,3-5,8H2. The third-order valence-electron chi connectivity index (χ3n) is 2.05. The minimum Gasteiger partial charge on any atom is -0.243 e. The molecule has 0 saturated carbocycles. The molecule has 0 atom stereocenters. The molecule has 1 heterocycles. The Labute approximate surface area is 106 Å². The Bertz CT molecular complexity index is 491. The van der Waals surface area contributed by atoms with Gasteiger partial charge in [-0.2, -0.15) is 0 Å². The first-order valence-electron chi connectivity index (χ1n) is 5.11. The van der Waals surface area contributed by atoms with Crippen molar-refractivity contribution in [1.82, 2.24) is 9.71 Å². The summed E-state index contributed by atoms with van der Waals surface area (Å²) in [5, 5.41) is 0.262. The van der Waals surface area contributed by atoms with Crippen LogP contribution in [0, 0.1) is 12.3 Å². The van der Waals surface area contributed by atoms with E-state index in [1.807, 2.05) is 0 Å². The van der Waals surface area contributed by atoms with Gasteiger partial charge in [-0.25, -0.2) is 18.1 Å². The van der Waals surface area contributed by atoms with Crippen molar-refractivity contribution >= 4 is 21.6 Å². The van der Waals surface area contributed by atoms with Crippen molar-refractivity contribution in [2.75, 3.05) is 6.54 Å². The average Bonchev–Trinajstić information content (AvgIpc) is 2.29. The van der Waals surface area contributed by atoms with Crippen LogP contribution in [0.15, 0.2) is 23.2 Å². The zero-order chi connectivity index (χ0) is 12.7. The van der Waals surface area contributed by atoms with Crippen LogP contribution in [0.25, 0.3) is 0 Å². The topological polar surface area (TPSA) is 59.1 Å². The Morgan fingerprint density at radius 2 is 2.18 bits per heavy atom. The van der Waals surface area contributed by atoms with Crippen molar-refractivity contribution < 1.29 is 8.42 Å². The predicted octanol–water partition coefficient (Wildman–Crippen LogP) is 1.82. The number of nitrogens with one attached hydrogen (secondary N) is 1. The van der Waals surface area contributed by atoms with Crippen LogP contribution in [-0.4, -0.2) is 19.9 Å². The lowest BCUT2D eigenvalue weighted by Crippen LogP contribution is -2.24. The van der Waals surface area contributed by atoms with Gasteiger partial charge in [0.2, 0.25) is 10.0 Å². The lowest BCUT2D eigenvalue weighted by Gasteiger charge is -2.05. The zero-order valence-electron chi connectivity index (χ0n) is 9.19. The molecule has 1 aromatic heterocycles. The zero-order valence-corrected chi connectivity index (χ0v) is 10.8. The molecule has 0 bridgehead atoms. The van der Waals surface area contributed by atoms with Crippen LogP contribution < -0.4 is 4.72 Å². The molecule has 0 fully saturated rings. The molecule has 1 N–H and O–H groups in total. The van der Waals surface area contributed by atoms with E-state index < -0.39 is 10.0 Å². The van der Waals surface area contributed by atoms with Crippen molar-refractivity contribution in [2.24, 2.45) is 0 Å². The highest BCUT2D eigenvalue weighted by Crippen LogP contribution is 2.10. The van der Waals surface area contributed by atoms with E-state index in [0.717, 1.165) is 6.42 Å². The summed E-state index contributed by atoms with van der Waals surface area (Å²) in [6.07, 6.45) is 8.49. The number of terminal acetylenes is 1. The molecule has 4 nitrogen and oxygen atoms in total. The van der Waals surface area contributed by atoms with Crippen LogP contribution >= 0.6 is 11.6 Å². The Hall–Kier alpha value is -1.09. The molecule has 92 valence electrons. The smallest absolute Gasteiger partial charge is 0.242 e. The van der Waals surface area contributed by atoms with Gasteiger partial charge in [0.05, 0.1) is 0 Å². The molecule has 0 aliphatic heterocycles. The molecule has 0 aliphatic carbocycles. The van der Waals surface area contributed by atoms with Gasteiger partial charge in [-0.15, -0.1) is 12.3 Å². The second-order valence-corrected chi connectivity index (χ2v) is 5.53. The summed E-state index contributed by atoms with van der Waals surface area (Å²) in [4.78, 5) is 3.83. The van der Waals surface area contributed by atoms with Gasteiger partial charge in [-0.3, -0.25) is 0 Å². The van der Waals surface area contributed by atoms with E-state index in [2.05, 4.69) is 15.6 Å². The minimum atomic E-state index is -3.49. The number of nitrogens with zero attached hydrogens (tertiary/aromatic N) is 1. The van der Waals surface area contributed by atoms with E-state index >= 15 is 0 Å². The fraction of sp³-hybridized carbons (Fsp3) is 0.364. The summed E-state index contributed by atoms with van der Waals surface area (Å²) in [5.41, 5.74) is 0. The number of hydrogen-bond donors (Lipinski definition) is 1. The first kappa shape index (κ1) is 14.0. The second kappa shape index (κ2) is 6.60. The molecule has 6 heteroatoms. The first-order chi connectivity index (χ1) is 8.06. The van der Waals surface area contributed by atoms with Gasteiger partial charge in [-0.1, -0.05) is 11.6 Å². The highest BCUT2D eigenvalue weighted by atomic mass is 35.5. The van der Waals surface area contributed by atoms with Gasteiger partial charge < -0.3 is 0 Å². The molecule has 0 unspecified atom stereocenters. The molecular formula is C11H13ClN2O2S. The van der Waals surface area contributed by atoms with Gasteiger partial charge in [0.25, 0.3) is 0 Å².